The number of nitrogens with two attached hydrogens (primary N) is 2. The van der Waals surface area contributed by atoms with Crippen LogP contribution in [0, 0.1) is 17.8 Å². The molecule has 0 bridgehead atoms. The van der Waals surface area contributed by atoms with Gasteiger partial charge in [0, 0.05) is 22.7 Å². The summed E-state index contributed by atoms with van der Waals surface area (Å²) in [4.78, 5) is 35.9. The zero-order chi connectivity index (χ0) is 21.9. The van der Waals surface area contributed by atoms with Crippen LogP contribution in [0.1, 0.15) is 38.2 Å². The lowest BCUT2D eigenvalue weighted by Gasteiger charge is -2.17. The van der Waals surface area contributed by atoms with E-state index in [1.807, 2.05) is 25.1 Å². The summed E-state index contributed by atoms with van der Waals surface area (Å²) in [7, 11) is 0. The van der Waals surface area contributed by atoms with Gasteiger partial charge in [0.15, 0.2) is 0 Å². The highest BCUT2D eigenvalue weighted by Crippen LogP contribution is 2.16. The van der Waals surface area contributed by atoms with Gasteiger partial charge in [-0.3, -0.25) is 14.4 Å². The van der Waals surface area contributed by atoms with Crippen LogP contribution in [0.25, 0.3) is 0 Å². The Hall–Kier alpha value is -3.53. The van der Waals surface area contributed by atoms with Crippen LogP contribution in [0.5, 0.6) is 0 Å². The number of anilines is 1. The van der Waals surface area contributed by atoms with E-state index in [0.29, 0.717) is 17.7 Å². The third kappa shape index (κ3) is 7.47. The van der Waals surface area contributed by atoms with Crippen molar-refractivity contribution in [2.24, 2.45) is 11.7 Å². The van der Waals surface area contributed by atoms with Gasteiger partial charge in [0.25, 0.3) is 5.91 Å². The first-order valence-corrected chi connectivity index (χ1v) is 9.90. The Balaban J connectivity index is 1.89. The normalized spacial score (nSPS) is 15.9. The maximum absolute atomic E-state index is 12.4. The third-order valence-electron chi connectivity index (χ3n) is 4.46. The predicted molar refractivity (Wildman–Crippen MR) is 115 cm³/mol. The van der Waals surface area contributed by atoms with Crippen molar-refractivity contribution in [2.45, 2.75) is 38.6 Å². The van der Waals surface area contributed by atoms with Gasteiger partial charge in [-0.1, -0.05) is 43.4 Å². The van der Waals surface area contributed by atoms with Crippen LogP contribution in [0.15, 0.2) is 48.1 Å². The van der Waals surface area contributed by atoms with Crippen LogP contribution in [0.3, 0.4) is 0 Å². The van der Waals surface area contributed by atoms with Gasteiger partial charge in [-0.15, -0.1) is 0 Å². The summed E-state index contributed by atoms with van der Waals surface area (Å²) in [6, 6.07) is 6.15. The summed E-state index contributed by atoms with van der Waals surface area (Å²) in [5.74, 6) is 4.35. The van der Waals surface area contributed by atoms with Crippen LogP contribution >= 0.6 is 0 Å². The summed E-state index contributed by atoms with van der Waals surface area (Å²) in [6.07, 6.45) is 7.11. The van der Waals surface area contributed by atoms with Gasteiger partial charge in [-0.2, -0.15) is 0 Å². The van der Waals surface area contributed by atoms with E-state index in [-0.39, 0.29) is 18.9 Å². The molecule has 0 heterocycles. The van der Waals surface area contributed by atoms with Crippen LogP contribution in [0.2, 0.25) is 0 Å². The molecule has 2 unspecified atom stereocenters. The first kappa shape index (κ1) is 22.8. The highest BCUT2D eigenvalue weighted by molar-refractivity contribution is 5.99. The number of rotatable bonds is 8. The number of esters is 1. The van der Waals surface area contributed by atoms with Crippen molar-refractivity contribution < 1.29 is 19.1 Å². The van der Waals surface area contributed by atoms with Crippen molar-refractivity contribution in [1.82, 2.24) is 5.32 Å². The summed E-state index contributed by atoms with van der Waals surface area (Å²) in [5.41, 5.74) is 12.9. The number of benzene rings is 1. The van der Waals surface area contributed by atoms with Gasteiger partial charge >= 0.3 is 5.97 Å². The number of ether oxygens (including phenoxy) is 1. The van der Waals surface area contributed by atoms with Crippen molar-refractivity contribution in [2.75, 3.05) is 12.3 Å². The van der Waals surface area contributed by atoms with Crippen LogP contribution < -0.4 is 16.8 Å². The van der Waals surface area contributed by atoms with Gasteiger partial charge in [-0.05, 0) is 37.1 Å². The lowest BCUT2D eigenvalue weighted by atomic mass is 9.96. The Morgan fingerprint density at radius 2 is 2.00 bits per heavy atom. The van der Waals surface area contributed by atoms with Crippen LogP contribution in [0.4, 0.5) is 5.69 Å². The Kier molecular flexibility index (Phi) is 8.70. The van der Waals surface area contributed by atoms with Crippen molar-refractivity contribution in [3.8, 4) is 11.8 Å². The van der Waals surface area contributed by atoms with Gasteiger partial charge in [0.2, 0.25) is 5.91 Å². The van der Waals surface area contributed by atoms with Gasteiger partial charge in [0.05, 0.1) is 13.0 Å². The van der Waals surface area contributed by atoms with E-state index in [1.54, 1.807) is 24.3 Å². The quantitative estimate of drug-likeness (QED) is 0.261. The molecule has 1 aromatic carbocycles. The molecule has 0 aliphatic heterocycles. The van der Waals surface area contributed by atoms with Crippen molar-refractivity contribution in [1.29, 1.82) is 0 Å². The number of nitrogens with one attached hydrogen (secondary N) is 1. The molecule has 1 aliphatic carbocycles. The number of carbonyl (C=O) groups is 3. The molecule has 158 valence electrons. The highest BCUT2D eigenvalue weighted by atomic mass is 16.5. The molecule has 2 atom stereocenters. The lowest BCUT2D eigenvalue weighted by Crippen LogP contribution is -2.46. The summed E-state index contributed by atoms with van der Waals surface area (Å²) in [6.45, 7) is 2.25. The van der Waals surface area contributed by atoms with E-state index in [4.69, 9.17) is 16.2 Å². The van der Waals surface area contributed by atoms with Gasteiger partial charge in [-0.25, -0.2) is 0 Å². The number of carbonyl (C=O) groups excluding carboxylic acids is 3. The molecule has 7 nitrogen and oxygen atoms in total. The fourth-order valence-electron chi connectivity index (χ4n) is 2.66. The molecule has 1 aliphatic rings. The number of primary amides is 1. The second kappa shape index (κ2) is 11.5. The molecular weight excluding hydrogens is 382 g/mol. The topological polar surface area (TPSA) is 125 Å². The van der Waals surface area contributed by atoms with Crippen molar-refractivity contribution >= 4 is 23.5 Å². The lowest BCUT2D eigenvalue weighted by molar-refractivity contribution is -0.146. The number of amides is 2. The first-order valence-electron chi connectivity index (χ1n) is 9.90. The molecular formula is C23H27N3O4. The largest absolute Gasteiger partial charge is 0.466 e. The van der Waals surface area contributed by atoms with E-state index in [0.717, 1.165) is 18.4 Å². The highest BCUT2D eigenvalue weighted by Gasteiger charge is 2.24. The molecule has 0 saturated heterocycles. The Morgan fingerprint density at radius 1 is 1.27 bits per heavy atom. The number of hydrogen-bond donors (Lipinski definition) is 3. The summed E-state index contributed by atoms with van der Waals surface area (Å²) >= 11 is 0. The molecule has 0 spiro atoms. The number of hydrogen-bond acceptors (Lipinski definition) is 5. The fraction of sp³-hybridized carbons (Fsp3) is 0.348. The SMILES string of the molecule is CCCCOC(=O)CC(NC(=O)C1=CCC(C#Cc2ccc(N)cc2)C=C1)C(N)=O. The molecule has 2 rings (SSSR count). The minimum Gasteiger partial charge on any atom is -0.466 e. The van der Waals surface area contributed by atoms with E-state index in [9.17, 15) is 14.4 Å². The standard InChI is InChI=1S/C23H27N3O4/c1-2-3-14-30-21(27)15-20(22(25)28)26-23(29)18-10-6-16(7-11-18)4-5-17-8-12-19(24)13-9-17/h6,8-13,16,20H,2-3,7,14-15,24H2,1H3,(H2,25,28)(H,26,29). The molecule has 0 fully saturated rings. The third-order valence-corrected chi connectivity index (χ3v) is 4.46. The Morgan fingerprint density at radius 3 is 2.60 bits per heavy atom. The predicted octanol–water partition coefficient (Wildman–Crippen LogP) is 1.83. The molecule has 30 heavy (non-hydrogen) atoms. The zero-order valence-electron chi connectivity index (χ0n) is 17.0. The summed E-state index contributed by atoms with van der Waals surface area (Å²) in [5, 5.41) is 2.50. The monoisotopic (exact) mass is 409 g/mol. The zero-order valence-corrected chi connectivity index (χ0v) is 17.0. The fourth-order valence-corrected chi connectivity index (χ4v) is 2.66. The molecule has 5 N–H and O–H groups in total. The van der Waals surface area contributed by atoms with E-state index < -0.39 is 23.8 Å². The maximum Gasteiger partial charge on any atom is 0.308 e. The number of allylic oxidation sites excluding steroid dienone is 2. The Labute approximate surface area is 176 Å². The van der Waals surface area contributed by atoms with Crippen molar-refractivity contribution in [3.63, 3.8) is 0 Å². The van der Waals surface area contributed by atoms with Gasteiger partial charge in [0.1, 0.15) is 6.04 Å². The molecule has 2 amide bonds. The van der Waals surface area contributed by atoms with Crippen molar-refractivity contribution in [3.05, 3.63) is 53.6 Å². The summed E-state index contributed by atoms with van der Waals surface area (Å²) < 4.78 is 5.03. The van der Waals surface area contributed by atoms with Crippen LogP contribution in [-0.2, 0) is 19.1 Å². The van der Waals surface area contributed by atoms with E-state index in [2.05, 4.69) is 17.2 Å². The average molecular weight is 409 g/mol. The second-order valence-electron chi connectivity index (χ2n) is 6.96. The first-order chi connectivity index (χ1) is 14.4. The minimum atomic E-state index is -1.12. The van der Waals surface area contributed by atoms with E-state index >= 15 is 0 Å². The Bertz CT molecular complexity index is 891. The number of unbranched alkanes of at least 4 members (excludes halogenated alkanes) is 1. The molecule has 0 saturated carbocycles. The smallest absolute Gasteiger partial charge is 0.308 e. The number of nitrogen functional groups attached to an aromatic ring is 1. The average Bonchev–Trinajstić information content (AvgIpc) is 2.73. The molecule has 7 heteroatoms. The maximum atomic E-state index is 12.4. The molecule has 1 aromatic rings. The minimum absolute atomic E-state index is 0.0282. The van der Waals surface area contributed by atoms with E-state index in [1.165, 1.54) is 0 Å². The van der Waals surface area contributed by atoms with Gasteiger partial charge < -0.3 is 21.5 Å². The second-order valence-corrected chi connectivity index (χ2v) is 6.96. The molecule has 0 radical (unpaired) electrons. The molecule has 0 aromatic heterocycles. The van der Waals surface area contributed by atoms with Crippen LogP contribution in [-0.4, -0.2) is 30.4 Å².